The Bertz CT molecular complexity index is 641. The summed E-state index contributed by atoms with van der Waals surface area (Å²) >= 11 is 1.45. The van der Waals surface area contributed by atoms with Gasteiger partial charge in [0, 0.05) is 47.8 Å². The van der Waals surface area contributed by atoms with Crippen molar-refractivity contribution in [1.82, 2.24) is 10.2 Å². The number of primary amides is 1. The van der Waals surface area contributed by atoms with E-state index in [2.05, 4.69) is 5.32 Å². The molecule has 1 aromatic rings. The van der Waals surface area contributed by atoms with E-state index in [1.54, 1.807) is 0 Å². The molecule has 25 heavy (non-hydrogen) atoms. The van der Waals surface area contributed by atoms with Crippen LogP contribution in [0.4, 0.5) is 4.39 Å². The lowest BCUT2D eigenvalue weighted by molar-refractivity contribution is -0.137. The van der Waals surface area contributed by atoms with E-state index in [4.69, 9.17) is 5.73 Å². The zero-order valence-electron chi connectivity index (χ0n) is 14.2. The fourth-order valence-corrected chi connectivity index (χ4v) is 4.74. The Morgan fingerprint density at radius 2 is 1.84 bits per heavy atom. The van der Waals surface area contributed by atoms with Gasteiger partial charge in [-0.2, -0.15) is 0 Å². The topological polar surface area (TPSA) is 75.4 Å². The molecule has 0 bridgehead atoms. The molecule has 1 aromatic carbocycles. The van der Waals surface area contributed by atoms with Gasteiger partial charge in [0.2, 0.25) is 11.8 Å². The van der Waals surface area contributed by atoms with Crippen LogP contribution in [0.3, 0.4) is 0 Å². The lowest BCUT2D eigenvalue weighted by Gasteiger charge is -2.34. The van der Waals surface area contributed by atoms with Crippen LogP contribution in [0.5, 0.6) is 0 Å². The van der Waals surface area contributed by atoms with Gasteiger partial charge >= 0.3 is 0 Å². The Morgan fingerprint density at radius 3 is 2.48 bits per heavy atom. The second-order valence-electron chi connectivity index (χ2n) is 6.68. The molecule has 1 aliphatic carbocycles. The highest BCUT2D eigenvalue weighted by molar-refractivity contribution is 8.00. The standard InChI is InChI=1S/C18H24FN3O2S/c19-15-6-3-13(17(20)23)11-16(15)25-14-4-1-12(2-5-14)18(24)22-9-7-21-8-10-22/h3,6,11-12,14,21H,1-2,4-5,7-10H2,(H2,20,23). The van der Waals surface area contributed by atoms with Gasteiger partial charge in [-0.15, -0.1) is 11.8 Å². The molecular weight excluding hydrogens is 341 g/mol. The van der Waals surface area contributed by atoms with Crippen LogP contribution in [0.15, 0.2) is 23.1 Å². The number of carbonyl (C=O) groups is 2. The number of benzene rings is 1. The quantitative estimate of drug-likeness (QED) is 0.856. The van der Waals surface area contributed by atoms with E-state index in [1.165, 1.54) is 30.0 Å². The van der Waals surface area contributed by atoms with Crippen molar-refractivity contribution in [3.8, 4) is 0 Å². The number of amides is 2. The summed E-state index contributed by atoms with van der Waals surface area (Å²) in [7, 11) is 0. The Balaban J connectivity index is 1.55. The number of hydrogen-bond donors (Lipinski definition) is 2. The van der Waals surface area contributed by atoms with Gasteiger partial charge in [0.1, 0.15) is 5.82 Å². The summed E-state index contributed by atoms with van der Waals surface area (Å²) in [5.41, 5.74) is 5.60. The molecule has 3 N–H and O–H groups in total. The average Bonchev–Trinajstić information content (AvgIpc) is 2.64. The normalized spacial score (nSPS) is 24.1. The minimum atomic E-state index is -0.549. The highest BCUT2D eigenvalue weighted by atomic mass is 32.2. The third-order valence-corrected chi connectivity index (χ3v) is 6.33. The predicted octanol–water partition coefficient (Wildman–Crippen LogP) is 2.01. The van der Waals surface area contributed by atoms with Crippen molar-refractivity contribution < 1.29 is 14.0 Å². The van der Waals surface area contributed by atoms with E-state index >= 15 is 0 Å². The molecule has 0 radical (unpaired) electrons. The highest BCUT2D eigenvalue weighted by Gasteiger charge is 2.30. The van der Waals surface area contributed by atoms with Crippen LogP contribution in [0.25, 0.3) is 0 Å². The van der Waals surface area contributed by atoms with E-state index in [-0.39, 0.29) is 22.9 Å². The molecular formula is C18H24FN3O2S. The molecule has 0 atom stereocenters. The molecule has 1 aliphatic heterocycles. The number of halogens is 1. The molecule has 2 fully saturated rings. The molecule has 7 heteroatoms. The first kappa shape index (κ1) is 18.2. The molecule has 3 rings (SSSR count). The van der Waals surface area contributed by atoms with Gasteiger partial charge in [-0.3, -0.25) is 9.59 Å². The molecule has 1 saturated heterocycles. The van der Waals surface area contributed by atoms with Crippen molar-refractivity contribution in [3.05, 3.63) is 29.6 Å². The zero-order valence-corrected chi connectivity index (χ0v) is 15.0. The fraction of sp³-hybridized carbons (Fsp3) is 0.556. The number of rotatable bonds is 4. The van der Waals surface area contributed by atoms with Crippen LogP contribution >= 0.6 is 11.8 Å². The molecule has 0 spiro atoms. The number of piperazine rings is 1. The van der Waals surface area contributed by atoms with E-state index in [0.29, 0.717) is 10.5 Å². The van der Waals surface area contributed by atoms with Crippen molar-refractivity contribution in [2.75, 3.05) is 26.2 Å². The Labute approximate surface area is 151 Å². The maximum absolute atomic E-state index is 14.0. The average molecular weight is 365 g/mol. The number of nitrogens with zero attached hydrogens (tertiary/aromatic N) is 1. The van der Waals surface area contributed by atoms with Crippen LogP contribution in [0, 0.1) is 11.7 Å². The van der Waals surface area contributed by atoms with Gasteiger partial charge < -0.3 is 16.0 Å². The molecule has 0 unspecified atom stereocenters. The minimum Gasteiger partial charge on any atom is -0.366 e. The lowest BCUT2D eigenvalue weighted by atomic mass is 9.87. The zero-order chi connectivity index (χ0) is 17.8. The summed E-state index contributed by atoms with van der Waals surface area (Å²) in [6.45, 7) is 3.32. The summed E-state index contributed by atoms with van der Waals surface area (Å²) in [4.78, 5) is 26.3. The predicted molar refractivity (Wildman–Crippen MR) is 96.0 cm³/mol. The van der Waals surface area contributed by atoms with Crippen molar-refractivity contribution in [1.29, 1.82) is 0 Å². The monoisotopic (exact) mass is 365 g/mol. The number of hydrogen-bond acceptors (Lipinski definition) is 4. The molecule has 2 aliphatic rings. The van der Waals surface area contributed by atoms with Gasteiger partial charge in [0.15, 0.2) is 0 Å². The smallest absolute Gasteiger partial charge is 0.248 e. The molecule has 136 valence electrons. The van der Waals surface area contributed by atoms with Crippen molar-refractivity contribution in [3.63, 3.8) is 0 Å². The van der Waals surface area contributed by atoms with Crippen LogP contribution in [-0.4, -0.2) is 48.1 Å². The summed E-state index contributed by atoms with van der Waals surface area (Å²) in [5, 5.41) is 3.53. The number of carbonyl (C=O) groups excluding carboxylic acids is 2. The summed E-state index contributed by atoms with van der Waals surface area (Å²) in [6, 6.07) is 4.23. The van der Waals surface area contributed by atoms with Crippen molar-refractivity contribution in [2.24, 2.45) is 11.7 Å². The van der Waals surface area contributed by atoms with Crippen LogP contribution in [0.1, 0.15) is 36.0 Å². The first-order valence-corrected chi connectivity index (χ1v) is 9.68. The van der Waals surface area contributed by atoms with Crippen molar-refractivity contribution in [2.45, 2.75) is 35.8 Å². The first-order valence-electron chi connectivity index (χ1n) is 8.80. The third-order valence-electron chi connectivity index (χ3n) is 4.96. The van der Waals surface area contributed by atoms with E-state index in [9.17, 15) is 14.0 Å². The van der Waals surface area contributed by atoms with Crippen LogP contribution < -0.4 is 11.1 Å². The van der Waals surface area contributed by atoms with Gasteiger partial charge in [0.05, 0.1) is 0 Å². The van der Waals surface area contributed by atoms with E-state index in [0.717, 1.165) is 51.9 Å². The van der Waals surface area contributed by atoms with E-state index in [1.807, 2.05) is 4.90 Å². The second-order valence-corrected chi connectivity index (χ2v) is 8.02. The number of thioether (sulfide) groups is 1. The number of nitrogens with one attached hydrogen (secondary N) is 1. The second kappa shape index (κ2) is 8.19. The third kappa shape index (κ3) is 4.52. The minimum absolute atomic E-state index is 0.0942. The molecule has 1 saturated carbocycles. The molecule has 2 amide bonds. The lowest BCUT2D eigenvalue weighted by Crippen LogP contribution is -2.48. The van der Waals surface area contributed by atoms with Crippen LogP contribution in [0.2, 0.25) is 0 Å². The van der Waals surface area contributed by atoms with E-state index < -0.39 is 5.91 Å². The molecule has 0 aromatic heterocycles. The number of nitrogens with two attached hydrogens (primary N) is 1. The highest BCUT2D eigenvalue weighted by Crippen LogP contribution is 2.37. The maximum atomic E-state index is 14.0. The summed E-state index contributed by atoms with van der Waals surface area (Å²) in [5.74, 6) is -0.509. The molecule has 1 heterocycles. The maximum Gasteiger partial charge on any atom is 0.248 e. The van der Waals surface area contributed by atoms with Crippen LogP contribution in [-0.2, 0) is 4.79 Å². The van der Waals surface area contributed by atoms with Gasteiger partial charge in [-0.25, -0.2) is 4.39 Å². The Hall–Kier alpha value is -1.60. The van der Waals surface area contributed by atoms with Gasteiger partial charge in [0.25, 0.3) is 0 Å². The van der Waals surface area contributed by atoms with Gasteiger partial charge in [-0.05, 0) is 43.9 Å². The summed E-state index contributed by atoms with van der Waals surface area (Å²) in [6.07, 6.45) is 3.45. The van der Waals surface area contributed by atoms with Gasteiger partial charge in [-0.1, -0.05) is 0 Å². The largest absolute Gasteiger partial charge is 0.366 e. The van der Waals surface area contributed by atoms with Crippen molar-refractivity contribution >= 4 is 23.6 Å². The SMILES string of the molecule is NC(=O)c1ccc(F)c(SC2CCC(C(=O)N3CCNCC3)CC2)c1. The fourth-order valence-electron chi connectivity index (χ4n) is 3.50. The Kier molecular flexibility index (Phi) is 5.96. The Morgan fingerprint density at radius 1 is 1.16 bits per heavy atom. The summed E-state index contributed by atoms with van der Waals surface area (Å²) < 4.78 is 14.0. The molecule has 5 nitrogen and oxygen atoms in total. The first-order chi connectivity index (χ1) is 12.0.